The number of para-hydroxylation sites is 1. The number of hydrogen-bond acceptors (Lipinski definition) is 4. The molecule has 25 heavy (non-hydrogen) atoms. The van der Waals surface area contributed by atoms with E-state index in [-0.39, 0.29) is 11.6 Å². The number of anilines is 3. The SMILES string of the molecule is Cc1cccc(C)c1Nc1cc(C(=O)Nc2cccc(Cl)c2)ncn1. The molecule has 1 amide bonds. The van der Waals surface area contributed by atoms with Gasteiger partial charge in [0.05, 0.1) is 0 Å². The molecule has 0 atom stereocenters. The Kier molecular flexibility index (Phi) is 4.95. The number of benzene rings is 2. The van der Waals surface area contributed by atoms with Crippen LogP contribution in [-0.2, 0) is 0 Å². The second kappa shape index (κ2) is 7.32. The molecule has 0 fully saturated rings. The van der Waals surface area contributed by atoms with Crippen molar-refractivity contribution in [2.75, 3.05) is 10.6 Å². The van der Waals surface area contributed by atoms with E-state index in [0.717, 1.165) is 16.8 Å². The highest BCUT2D eigenvalue weighted by atomic mass is 35.5. The molecule has 2 aromatic carbocycles. The first kappa shape index (κ1) is 16.9. The first-order chi connectivity index (χ1) is 12.0. The number of carbonyl (C=O) groups is 1. The largest absolute Gasteiger partial charge is 0.340 e. The van der Waals surface area contributed by atoms with Crippen molar-refractivity contribution in [1.82, 2.24) is 9.97 Å². The van der Waals surface area contributed by atoms with E-state index in [1.807, 2.05) is 32.0 Å². The Morgan fingerprint density at radius 3 is 2.44 bits per heavy atom. The van der Waals surface area contributed by atoms with E-state index in [1.54, 1.807) is 30.3 Å². The molecule has 0 aliphatic rings. The molecular weight excluding hydrogens is 336 g/mol. The summed E-state index contributed by atoms with van der Waals surface area (Å²) >= 11 is 5.93. The molecule has 0 unspecified atom stereocenters. The quantitative estimate of drug-likeness (QED) is 0.711. The number of aryl methyl sites for hydroxylation is 2. The maximum Gasteiger partial charge on any atom is 0.274 e. The minimum absolute atomic E-state index is 0.267. The van der Waals surface area contributed by atoms with Crippen molar-refractivity contribution in [3.63, 3.8) is 0 Å². The molecule has 1 heterocycles. The number of halogens is 1. The predicted octanol–water partition coefficient (Wildman–Crippen LogP) is 4.74. The van der Waals surface area contributed by atoms with E-state index in [0.29, 0.717) is 16.5 Å². The third kappa shape index (κ3) is 4.14. The molecule has 0 aliphatic heterocycles. The number of rotatable bonds is 4. The average molecular weight is 353 g/mol. The monoisotopic (exact) mass is 352 g/mol. The lowest BCUT2D eigenvalue weighted by atomic mass is 10.1. The highest BCUT2D eigenvalue weighted by Gasteiger charge is 2.11. The van der Waals surface area contributed by atoms with Gasteiger partial charge in [-0.1, -0.05) is 35.9 Å². The van der Waals surface area contributed by atoms with Crippen LogP contribution in [0.4, 0.5) is 17.2 Å². The lowest BCUT2D eigenvalue weighted by Gasteiger charge is -2.12. The molecule has 126 valence electrons. The van der Waals surface area contributed by atoms with Gasteiger partial charge in [0.15, 0.2) is 0 Å². The maximum atomic E-state index is 12.4. The van der Waals surface area contributed by atoms with Gasteiger partial charge in [0.25, 0.3) is 5.91 Å². The summed E-state index contributed by atoms with van der Waals surface area (Å²) in [5.41, 5.74) is 4.05. The van der Waals surface area contributed by atoms with Crippen molar-refractivity contribution < 1.29 is 4.79 Å². The van der Waals surface area contributed by atoms with E-state index in [9.17, 15) is 4.79 Å². The summed E-state index contributed by atoms with van der Waals surface area (Å²) in [6.07, 6.45) is 1.36. The van der Waals surface area contributed by atoms with E-state index >= 15 is 0 Å². The first-order valence-corrected chi connectivity index (χ1v) is 8.13. The Morgan fingerprint density at radius 2 is 1.72 bits per heavy atom. The lowest BCUT2D eigenvalue weighted by Crippen LogP contribution is -2.14. The maximum absolute atomic E-state index is 12.4. The fraction of sp³-hybridized carbons (Fsp3) is 0.105. The average Bonchev–Trinajstić information content (AvgIpc) is 2.58. The van der Waals surface area contributed by atoms with E-state index in [2.05, 4.69) is 20.6 Å². The summed E-state index contributed by atoms with van der Waals surface area (Å²) in [4.78, 5) is 20.6. The number of nitrogens with one attached hydrogen (secondary N) is 2. The summed E-state index contributed by atoms with van der Waals surface area (Å²) in [6.45, 7) is 4.03. The molecule has 0 bridgehead atoms. The van der Waals surface area contributed by atoms with E-state index in [4.69, 9.17) is 11.6 Å². The number of aromatic nitrogens is 2. The summed E-state index contributed by atoms with van der Waals surface area (Å²) in [5, 5.41) is 6.58. The van der Waals surface area contributed by atoms with Gasteiger partial charge < -0.3 is 10.6 Å². The van der Waals surface area contributed by atoms with Gasteiger partial charge in [0.2, 0.25) is 0 Å². The van der Waals surface area contributed by atoms with Crippen LogP contribution < -0.4 is 10.6 Å². The van der Waals surface area contributed by atoms with Gasteiger partial charge in [-0.05, 0) is 43.2 Å². The summed E-state index contributed by atoms with van der Waals surface area (Å²) in [5.74, 6) is 0.234. The molecule has 0 saturated carbocycles. The van der Waals surface area contributed by atoms with Crippen molar-refractivity contribution in [2.24, 2.45) is 0 Å². The van der Waals surface area contributed by atoms with E-state index < -0.39 is 0 Å². The zero-order valence-corrected chi connectivity index (χ0v) is 14.6. The fourth-order valence-corrected chi connectivity index (χ4v) is 2.64. The van der Waals surface area contributed by atoms with Crippen LogP contribution in [0.2, 0.25) is 5.02 Å². The Balaban J connectivity index is 1.80. The zero-order chi connectivity index (χ0) is 17.8. The minimum atomic E-state index is -0.325. The predicted molar refractivity (Wildman–Crippen MR) is 101 cm³/mol. The second-order valence-corrected chi connectivity index (χ2v) is 6.08. The molecule has 2 N–H and O–H groups in total. The molecule has 6 heteroatoms. The number of nitrogens with zero attached hydrogens (tertiary/aromatic N) is 2. The normalized spacial score (nSPS) is 10.4. The molecule has 0 radical (unpaired) electrons. The standard InChI is InChI=1S/C19H17ClN4O/c1-12-5-3-6-13(2)18(12)24-17-10-16(21-11-22-17)19(25)23-15-8-4-7-14(20)9-15/h3-11H,1-2H3,(H,23,25)(H,21,22,24). The van der Waals surface area contributed by atoms with Crippen LogP contribution in [0.1, 0.15) is 21.6 Å². The smallest absolute Gasteiger partial charge is 0.274 e. The van der Waals surface area contributed by atoms with Crippen molar-refractivity contribution in [1.29, 1.82) is 0 Å². The Labute approximate surface area is 151 Å². The van der Waals surface area contributed by atoms with Gasteiger partial charge in [-0.2, -0.15) is 0 Å². The highest BCUT2D eigenvalue weighted by molar-refractivity contribution is 6.30. The van der Waals surface area contributed by atoms with Gasteiger partial charge in [-0.15, -0.1) is 0 Å². The van der Waals surface area contributed by atoms with Gasteiger partial charge in [0, 0.05) is 22.5 Å². The van der Waals surface area contributed by atoms with E-state index in [1.165, 1.54) is 6.33 Å². The van der Waals surface area contributed by atoms with Gasteiger partial charge in [0.1, 0.15) is 17.8 Å². The van der Waals surface area contributed by atoms with Crippen molar-refractivity contribution in [3.05, 3.63) is 76.7 Å². The molecule has 3 aromatic rings. The molecule has 1 aromatic heterocycles. The summed E-state index contributed by atoms with van der Waals surface area (Å²) in [6, 6.07) is 14.6. The second-order valence-electron chi connectivity index (χ2n) is 5.64. The third-order valence-electron chi connectivity index (χ3n) is 3.72. The first-order valence-electron chi connectivity index (χ1n) is 7.75. The Hall–Kier alpha value is -2.92. The van der Waals surface area contributed by atoms with Gasteiger partial charge in [-0.25, -0.2) is 9.97 Å². The number of hydrogen-bond donors (Lipinski definition) is 2. The molecule has 3 rings (SSSR count). The minimum Gasteiger partial charge on any atom is -0.340 e. The Bertz CT molecular complexity index is 907. The zero-order valence-electron chi connectivity index (χ0n) is 13.9. The Morgan fingerprint density at radius 1 is 1.00 bits per heavy atom. The van der Waals surface area contributed by atoms with Crippen LogP contribution >= 0.6 is 11.6 Å². The topological polar surface area (TPSA) is 66.9 Å². The van der Waals surface area contributed by atoms with Gasteiger partial charge in [-0.3, -0.25) is 4.79 Å². The van der Waals surface area contributed by atoms with Crippen molar-refractivity contribution in [2.45, 2.75) is 13.8 Å². The third-order valence-corrected chi connectivity index (χ3v) is 3.95. The summed E-state index contributed by atoms with van der Waals surface area (Å²) in [7, 11) is 0. The highest BCUT2D eigenvalue weighted by Crippen LogP contribution is 2.23. The molecule has 5 nitrogen and oxygen atoms in total. The van der Waals surface area contributed by atoms with Crippen LogP contribution in [0.15, 0.2) is 54.9 Å². The molecular formula is C19H17ClN4O. The number of amides is 1. The fourth-order valence-electron chi connectivity index (χ4n) is 2.45. The van der Waals surface area contributed by atoms with Crippen molar-refractivity contribution >= 4 is 34.7 Å². The summed E-state index contributed by atoms with van der Waals surface area (Å²) < 4.78 is 0. The molecule has 0 aliphatic carbocycles. The van der Waals surface area contributed by atoms with Gasteiger partial charge >= 0.3 is 0 Å². The van der Waals surface area contributed by atoms with Crippen LogP contribution in [-0.4, -0.2) is 15.9 Å². The molecule has 0 saturated heterocycles. The molecule has 0 spiro atoms. The van der Waals surface area contributed by atoms with Crippen molar-refractivity contribution in [3.8, 4) is 0 Å². The van der Waals surface area contributed by atoms with Crippen LogP contribution in [0.3, 0.4) is 0 Å². The lowest BCUT2D eigenvalue weighted by molar-refractivity contribution is 0.102. The van der Waals surface area contributed by atoms with Crippen LogP contribution in [0.25, 0.3) is 0 Å². The van der Waals surface area contributed by atoms with Crippen LogP contribution in [0, 0.1) is 13.8 Å². The number of carbonyl (C=O) groups excluding carboxylic acids is 1. The van der Waals surface area contributed by atoms with Crippen LogP contribution in [0.5, 0.6) is 0 Å².